The van der Waals surface area contributed by atoms with Gasteiger partial charge in [-0.3, -0.25) is 0 Å². The predicted molar refractivity (Wildman–Crippen MR) is 111 cm³/mol. The highest BCUT2D eigenvalue weighted by Crippen LogP contribution is 2.23. The van der Waals surface area contributed by atoms with Crippen molar-refractivity contribution in [1.82, 2.24) is 0 Å². The predicted octanol–water partition coefficient (Wildman–Crippen LogP) is 5.96. The highest BCUT2D eigenvalue weighted by Gasteiger charge is 2.09. The summed E-state index contributed by atoms with van der Waals surface area (Å²) in [5, 5.41) is 5.02. The summed E-state index contributed by atoms with van der Waals surface area (Å²) in [6.07, 6.45) is 0. The summed E-state index contributed by atoms with van der Waals surface area (Å²) in [4.78, 5) is 5.59. The molecule has 4 heteroatoms. The summed E-state index contributed by atoms with van der Waals surface area (Å²) >= 11 is 6.01. The average molecular weight is 380 g/mol. The number of benzene rings is 3. The quantitative estimate of drug-likeness (QED) is 0.374. The number of ether oxygens (including phenoxy) is 1. The Morgan fingerprint density at radius 3 is 2.19 bits per heavy atom. The molecule has 0 saturated heterocycles. The van der Waals surface area contributed by atoms with E-state index in [0.29, 0.717) is 23.9 Å². The molecular formula is C23H22ClNO2. The summed E-state index contributed by atoms with van der Waals surface area (Å²) < 4.78 is 6.07. The van der Waals surface area contributed by atoms with Gasteiger partial charge in [-0.05, 0) is 42.7 Å². The standard InChI is InChI=1S/C23H22ClNO2/c1-17-7-6-8-18(2)23(17)26-16-22(20-11-13-21(24)14-12-20)25-27-15-19-9-4-3-5-10-19/h3-14H,15-16H2,1-2H3. The zero-order chi connectivity index (χ0) is 19.1. The summed E-state index contributed by atoms with van der Waals surface area (Å²) in [7, 11) is 0. The Bertz CT molecular complexity index is 885. The zero-order valence-electron chi connectivity index (χ0n) is 15.5. The first-order valence-electron chi connectivity index (χ1n) is 8.81. The molecule has 3 aromatic rings. The van der Waals surface area contributed by atoms with Crippen LogP contribution in [0.25, 0.3) is 0 Å². The molecule has 0 fully saturated rings. The topological polar surface area (TPSA) is 30.8 Å². The van der Waals surface area contributed by atoms with Gasteiger partial charge in [-0.2, -0.15) is 0 Å². The van der Waals surface area contributed by atoms with Crippen LogP contribution in [0.15, 0.2) is 78.0 Å². The number of hydrogen-bond donors (Lipinski definition) is 0. The normalized spacial score (nSPS) is 11.3. The van der Waals surface area contributed by atoms with E-state index in [4.69, 9.17) is 21.2 Å². The van der Waals surface area contributed by atoms with E-state index in [-0.39, 0.29) is 0 Å². The summed E-state index contributed by atoms with van der Waals surface area (Å²) in [6, 6.07) is 23.5. The second-order valence-corrected chi connectivity index (χ2v) is 6.75. The fourth-order valence-electron chi connectivity index (χ4n) is 2.73. The van der Waals surface area contributed by atoms with E-state index in [0.717, 1.165) is 28.0 Å². The van der Waals surface area contributed by atoms with E-state index in [1.165, 1.54) is 0 Å². The van der Waals surface area contributed by atoms with E-state index >= 15 is 0 Å². The van der Waals surface area contributed by atoms with Gasteiger partial charge in [0, 0.05) is 10.6 Å². The van der Waals surface area contributed by atoms with Gasteiger partial charge in [0.05, 0.1) is 0 Å². The molecule has 0 aliphatic carbocycles. The minimum Gasteiger partial charge on any atom is -0.487 e. The number of oxime groups is 1. The van der Waals surface area contributed by atoms with Crippen LogP contribution in [0.4, 0.5) is 0 Å². The fraction of sp³-hybridized carbons (Fsp3) is 0.174. The van der Waals surface area contributed by atoms with Gasteiger partial charge in [-0.15, -0.1) is 0 Å². The Hall–Kier alpha value is -2.78. The Balaban J connectivity index is 1.77. The maximum Gasteiger partial charge on any atom is 0.142 e. The average Bonchev–Trinajstić information content (AvgIpc) is 2.68. The maximum absolute atomic E-state index is 6.07. The highest BCUT2D eigenvalue weighted by atomic mass is 35.5. The van der Waals surface area contributed by atoms with E-state index in [1.54, 1.807) is 0 Å². The van der Waals surface area contributed by atoms with Crippen LogP contribution >= 0.6 is 11.6 Å². The van der Waals surface area contributed by atoms with E-state index in [1.807, 2.05) is 86.6 Å². The van der Waals surface area contributed by atoms with Crippen molar-refractivity contribution < 1.29 is 9.57 Å². The van der Waals surface area contributed by atoms with Gasteiger partial charge in [0.15, 0.2) is 0 Å². The van der Waals surface area contributed by atoms with Crippen molar-refractivity contribution >= 4 is 17.3 Å². The molecule has 3 nitrogen and oxygen atoms in total. The molecule has 0 bridgehead atoms. The molecule has 0 N–H and O–H groups in total. The van der Waals surface area contributed by atoms with Crippen LogP contribution in [0, 0.1) is 13.8 Å². The largest absolute Gasteiger partial charge is 0.487 e. The second kappa shape index (κ2) is 9.24. The Labute approximate surface area is 165 Å². The number of rotatable bonds is 7. The molecule has 0 aliphatic rings. The van der Waals surface area contributed by atoms with Crippen molar-refractivity contribution in [2.45, 2.75) is 20.5 Å². The Morgan fingerprint density at radius 1 is 0.852 bits per heavy atom. The lowest BCUT2D eigenvalue weighted by Crippen LogP contribution is -2.14. The van der Waals surface area contributed by atoms with E-state index in [9.17, 15) is 0 Å². The number of nitrogens with zero attached hydrogens (tertiary/aromatic N) is 1. The summed E-state index contributed by atoms with van der Waals surface area (Å²) in [5.41, 5.74) is 4.88. The minimum absolute atomic E-state index is 0.308. The third-order valence-electron chi connectivity index (χ3n) is 4.19. The molecule has 3 rings (SSSR count). The molecule has 27 heavy (non-hydrogen) atoms. The smallest absolute Gasteiger partial charge is 0.142 e. The molecule has 138 valence electrons. The number of hydrogen-bond acceptors (Lipinski definition) is 3. The highest BCUT2D eigenvalue weighted by molar-refractivity contribution is 6.30. The molecule has 3 aromatic carbocycles. The first kappa shape index (κ1) is 19.0. The van der Waals surface area contributed by atoms with Gasteiger partial charge in [0.1, 0.15) is 24.7 Å². The van der Waals surface area contributed by atoms with Crippen molar-refractivity contribution in [2.24, 2.45) is 5.16 Å². The molecule has 0 spiro atoms. The lowest BCUT2D eigenvalue weighted by molar-refractivity contribution is 0.129. The second-order valence-electron chi connectivity index (χ2n) is 6.31. The van der Waals surface area contributed by atoms with E-state index < -0.39 is 0 Å². The molecule has 0 saturated carbocycles. The van der Waals surface area contributed by atoms with Crippen molar-refractivity contribution in [3.8, 4) is 5.75 Å². The maximum atomic E-state index is 6.07. The first-order valence-corrected chi connectivity index (χ1v) is 9.19. The van der Waals surface area contributed by atoms with Gasteiger partial charge < -0.3 is 9.57 Å². The number of aryl methyl sites for hydroxylation is 2. The molecule has 0 aliphatic heterocycles. The van der Waals surface area contributed by atoms with Crippen LogP contribution < -0.4 is 4.74 Å². The monoisotopic (exact) mass is 379 g/mol. The number of halogens is 1. The van der Waals surface area contributed by atoms with Crippen molar-refractivity contribution in [2.75, 3.05) is 6.61 Å². The molecule has 0 aromatic heterocycles. The lowest BCUT2D eigenvalue weighted by atomic mass is 10.1. The van der Waals surface area contributed by atoms with Gasteiger partial charge >= 0.3 is 0 Å². The van der Waals surface area contributed by atoms with E-state index in [2.05, 4.69) is 5.16 Å². The van der Waals surface area contributed by atoms with Crippen LogP contribution in [0.1, 0.15) is 22.3 Å². The molecular weight excluding hydrogens is 358 g/mol. The van der Waals surface area contributed by atoms with Crippen LogP contribution in [-0.4, -0.2) is 12.3 Å². The molecule has 0 atom stereocenters. The minimum atomic E-state index is 0.308. The third-order valence-corrected chi connectivity index (χ3v) is 4.44. The number of para-hydroxylation sites is 1. The lowest BCUT2D eigenvalue weighted by Gasteiger charge is -2.13. The van der Waals surface area contributed by atoms with Crippen LogP contribution in [0.5, 0.6) is 5.75 Å². The van der Waals surface area contributed by atoms with Gasteiger partial charge in [0.25, 0.3) is 0 Å². The van der Waals surface area contributed by atoms with Crippen molar-refractivity contribution in [3.63, 3.8) is 0 Å². The molecule has 0 amide bonds. The van der Waals surface area contributed by atoms with Gasteiger partial charge in [0.2, 0.25) is 0 Å². The van der Waals surface area contributed by atoms with Gasteiger partial charge in [-0.25, -0.2) is 0 Å². The fourth-order valence-corrected chi connectivity index (χ4v) is 2.86. The summed E-state index contributed by atoms with van der Waals surface area (Å²) in [6.45, 7) is 4.78. The molecule has 0 unspecified atom stereocenters. The zero-order valence-corrected chi connectivity index (χ0v) is 16.2. The van der Waals surface area contributed by atoms with Crippen LogP contribution in [-0.2, 0) is 11.4 Å². The Kier molecular flexibility index (Phi) is 6.50. The summed E-state index contributed by atoms with van der Waals surface area (Å²) in [5.74, 6) is 0.877. The van der Waals surface area contributed by atoms with Crippen molar-refractivity contribution in [1.29, 1.82) is 0 Å². The Morgan fingerprint density at radius 2 is 1.52 bits per heavy atom. The van der Waals surface area contributed by atoms with Crippen molar-refractivity contribution in [3.05, 3.63) is 100 Å². The molecule has 0 heterocycles. The first-order chi connectivity index (χ1) is 13.1. The SMILES string of the molecule is Cc1cccc(C)c1OCC(=NOCc1ccccc1)c1ccc(Cl)cc1. The third kappa shape index (κ3) is 5.35. The van der Waals surface area contributed by atoms with Crippen LogP contribution in [0.2, 0.25) is 5.02 Å². The van der Waals surface area contributed by atoms with Crippen LogP contribution in [0.3, 0.4) is 0 Å². The van der Waals surface area contributed by atoms with Gasteiger partial charge in [-0.1, -0.05) is 77.4 Å². The molecule has 0 radical (unpaired) electrons.